The van der Waals surface area contributed by atoms with Crippen molar-refractivity contribution in [1.29, 1.82) is 0 Å². The normalized spacial score (nSPS) is 10.4. The predicted molar refractivity (Wildman–Crippen MR) is 99.3 cm³/mol. The van der Waals surface area contributed by atoms with Gasteiger partial charge in [0.1, 0.15) is 0 Å². The highest BCUT2D eigenvalue weighted by Gasteiger charge is 2.18. The van der Waals surface area contributed by atoms with E-state index in [0.717, 1.165) is 21.6 Å². The molecule has 0 fully saturated rings. The first-order valence-corrected chi connectivity index (χ1v) is 8.36. The van der Waals surface area contributed by atoms with Crippen LogP contribution in [0.2, 0.25) is 0 Å². The second-order valence-corrected chi connectivity index (χ2v) is 6.09. The molecule has 2 aromatic carbocycles. The monoisotopic (exact) mass is 372 g/mol. The zero-order valence-corrected chi connectivity index (χ0v) is 15.2. The lowest BCUT2D eigenvalue weighted by Gasteiger charge is -2.14. The van der Waals surface area contributed by atoms with Crippen LogP contribution in [0.3, 0.4) is 0 Å². The summed E-state index contributed by atoms with van der Waals surface area (Å²) in [6.07, 6.45) is 1.74. The highest BCUT2D eigenvalue weighted by molar-refractivity contribution is 7.10. The molecule has 0 bridgehead atoms. The Hall–Kier alpha value is -3.13. The van der Waals surface area contributed by atoms with E-state index in [1.807, 2.05) is 12.1 Å². The van der Waals surface area contributed by atoms with Crippen molar-refractivity contribution in [3.05, 3.63) is 52.7 Å². The van der Waals surface area contributed by atoms with E-state index in [1.54, 1.807) is 39.7 Å². The number of benzene rings is 2. The molecule has 1 aromatic heterocycles. The quantitative estimate of drug-likeness (QED) is 0.471. The number of hydrogen-bond donors (Lipinski definition) is 0. The molecule has 0 radical (unpaired) electrons. The fourth-order valence-corrected chi connectivity index (χ4v) is 3.38. The van der Waals surface area contributed by atoms with Crippen molar-refractivity contribution < 1.29 is 19.1 Å². The summed E-state index contributed by atoms with van der Waals surface area (Å²) in [5.74, 6) is 1.61. The second-order valence-electron chi connectivity index (χ2n) is 5.29. The highest BCUT2D eigenvalue weighted by Crippen LogP contribution is 2.44. The third-order valence-corrected chi connectivity index (χ3v) is 4.74. The van der Waals surface area contributed by atoms with Gasteiger partial charge in [-0.2, -0.15) is 4.37 Å². The van der Waals surface area contributed by atoms with E-state index in [9.17, 15) is 10.1 Å². The number of rotatable bonds is 6. The molecule has 0 aliphatic heterocycles. The maximum Gasteiger partial charge on any atom is 0.269 e. The number of methoxy groups -OCH3 is 3. The molecule has 3 aromatic rings. The number of aromatic nitrogens is 1. The fourth-order valence-electron chi connectivity index (χ4n) is 2.63. The van der Waals surface area contributed by atoms with Gasteiger partial charge in [-0.05, 0) is 41.4 Å². The van der Waals surface area contributed by atoms with E-state index in [-0.39, 0.29) is 5.69 Å². The molecule has 26 heavy (non-hydrogen) atoms. The molecule has 134 valence electrons. The van der Waals surface area contributed by atoms with E-state index >= 15 is 0 Å². The van der Waals surface area contributed by atoms with Crippen LogP contribution in [-0.2, 0) is 0 Å². The van der Waals surface area contributed by atoms with Crippen LogP contribution in [0.4, 0.5) is 5.69 Å². The minimum atomic E-state index is -0.421. The van der Waals surface area contributed by atoms with Crippen molar-refractivity contribution in [2.24, 2.45) is 0 Å². The van der Waals surface area contributed by atoms with Crippen LogP contribution < -0.4 is 14.2 Å². The zero-order valence-electron chi connectivity index (χ0n) is 14.4. The van der Waals surface area contributed by atoms with Crippen molar-refractivity contribution >= 4 is 17.2 Å². The molecule has 0 spiro atoms. The van der Waals surface area contributed by atoms with Gasteiger partial charge >= 0.3 is 0 Å². The van der Waals surface area contributed by atoms with Gasteiger partial charge in [-0.1, -0.05) is 0 Å². The summed E-state index contributed by atoms with van der Waals surface area (Å²) >= 11 is 1.32. The van der Waals surface area contributed by atoms with Gasteiger partial charge in [-0.25, -0.2) is 0 Å². The number of nitro benzene ring substituents is 1. The van der Waals surface area contributed by atoms with Gasteiger partial charge < -0.3 is 14.2 Å². The number of non-ortho nitro benzene ring substituents is 1. The Labute approximate surface area is 154 Å². The van der Waals surface area contributed by atoms with Crippen molar-refractivity contribution in [2.45, 2.75) is 0 Å². The Kier molecular flexibility index (Phi) is 5.04. The van der Waals surface area contributed by atoms with E-state index in [1.165, 1.54) is 23.7 Å². The summed E-state index contributed by atoms with van der Waals surface area (Å²) < 4.78 is 20.5. The summed E-state index contributed by atoms with van der Waals surface area (Å²) in [4.78, 5) is 11.3. The lowest BCUT2D eigenvalue weighted by atomic mass is 10.0. The molecule has 0 amide bonds. The number of hydrogen-bond acceptors (Lipinski definition) is 7. The molecular formula is C18H16N2O5S. The first-order chi connectivity index (χ1) is 12.6. The number of nitrogens with zero attached hydrogens (tertiary/aromatic N) is 2. The first kappa shape index (κ1) is 17.7. The Morgan fingerprint density at radius 2 is 1.58 bits per heavy atom. The SMILES string of the molecule is COc1cc(-c2sncc2-c2ccc([N+](=O)[O-])cc2)cc(OC)c1OC. The van der Waals surface area contributed by atoms with Gasteiger partial charge in [0.15, 0.2) is 11.5 Å². The summed E-state index contributed by atoms with van der Waals surface area (Å²) in [5.41, 5.74) is 2.62. The molecule has 0 atom stereocenters. The third kappa shape index (κ3) is 3.18. The van der Waals surface area contributed by atoms with Crippen LogP contribution in [-0.4, -0.2) is 30.6 Å². The van der Waals surface area contributed by atoms with Crippen molar-refractivity contribution in [3.8, 4) is 38.8 Å². The first-order valence-electron chi connectivity index (χ1n) is 7.59. The van der Waals surface area contributed by atoms with Gasteiger partial charge in [0.25, 0.3) is 5.69 Å². The van der Waals surface area contributed by atoms with Gasteiger partial charge in [-0.3, -0.25) is 10.1 Å². The Morgan fingerprint density at radius 1 is 0.962 bits per heavy atom. The highest BCUT2D eigenvalue weighted by atomic mass is 32.1. The summed E-state index contributed by atoms with van der Waals surface area (Å²) in [7, 11) is 4.67. The molecule has 3 rings (SSSR count). The standard InChI is InChI=1S/C18H16N2O5S/c1-23-15-8-12(9-16(24-2)17(15)25-3)18-14(10-19-26-18)11-4-6-13(7-5-11)20(21)22/h4-10H,1-3H3. The van der Waals surface area contributed by atoms with Crippen molar-refractivity contribution in [1.82, 2.24) is 4.37 Å². The van der Waals surface area contributed by atoms with Crippen molar-refractivity contribution in [3.63, 3.8) is 0 Å². The molecule has 8 heteroatoms. The van der Waals surface area contributed by atoms with Crippen LogP contribution in [0.5, 0.6) is 17.2 Å². The van der Waals surface area contributed by atoms with Crippen LogP contribution in [0.1, 0.15) is 0 Å². The average molecular weight is 372 g/mol. The van der Waals surface area contributed by atoms with Crippen LogP contribution in [0, 0.1) is 10.1 Å². The summed E-state index contributed by atoms with van der Waals surface area (Å²) in [5, 5.41) is 10.8. The van der Waals surface area contributed by atoms with Crippen LogP contribution >= 0.6 is 11.5 Å². The Balaban J connectivity index is 2.09. The van der Waals surface area contributed by atoms with Crippen molar-refractivity contribution in [2.75, 3.05) is 21.3 Å². The molecule has 0 aliphatic rings. The predicted octanol–water partition coefficient (Wildman–Crippen LogP) is 4.41. The topological polar surface area (TPSA) is 83.7 Å². The van der Waals surface area contributed by atoms with E-state index in [4.69, 9.17) is 14.2 Å². The maximum absolute atomic E-state index is 10.8. The van der Waals surface area contributed by atoms with Gasteiger partial charge in [-0.15, -0.1) is 0 Å². The smallest absolute Gasteiger partial charge is 0.269 e. The summed E-state index contributed by atoms with van der Waals surface area (Å²) in [6.45, 7) is 0. The Bertz CT molecular complexity index is 912. The lowest BCUT2D eigenvalue weighted by Crippen LogP contribution is -1.95. The number of ether oxygens (including phenoxy) is 3. The average Bonchev–Trinajstić information content (AvgIpc) is 3.16. The summed E-state index contributed by atoms with van der Waals surface area (Å²) in [6, 6.07) is 10.1. The molecule has 0 saturated heterocycles. The largest absolute Gasteiger partial charge is 0.493 e. The molecular weight excluding hydrogens is 356 g/mol. The fraction of sp³-hybridized carbons (Fsp3) is 0.167. The molecule has 0 aliphatic carbocycles. The van der Waals surface area contributed by atoms with Crippen LogP contribution in [0.25, 0.3) is 21.6 Å². The minimum absolute atomic E-state index is 0.0475. The lowest BCUT2D eigenvalue weighted by molar-refractivity contribution is -0.384. The molecule has 7 nitrogen and oxygen atoms in total. The van der Waals surface area contributed by atoms with E-state index in [0.29, 0.717) is 17.2 Å². The maximum atomic E-state index is 10.8. The molecule has 0 unspecified atom stereocenters. The molecule has 1 heterocycles. The van der Waals surface area contributed by atoms with E-state index < -0.39 is 4.92 Å². The number of nitro groups is 1. The Morgan fingerprint density at radius 3 is 2.08 bits per heavy atom. The zero-order chi connectivity index (χ0) is 18.7. The van der Waals surface area contributed by atoms with Crippen LogP contribution in [0.15, 0.2) is 42.6 Å². The molecule has 0 saturated carbocycles. The molecule has 0 N–H and O–H groups in total. The second kappa shape index (κ2) is 7.40. The third-order valence-electron chi connectivity index (χ3n) is 3.89. The van der Waals surface area contributed by atoms with Gasteiger partial charge in [0.2, 0.25) is 5.75 Å². The van der Waals surface area contributed by atoms with E-state index in [2.05, 4.69) is 4.37 Å². The van der Waals surface area contributed by atoms with Gasteiger partial charge in [0, 0.05) is 29.5 Å². The minimum Gasteiger partial charge on any atom is -0.493 e. The van der Waals surface area contributed by atoms with Gasteiger partial charge in [0.05, 0.1) is 31.1 Å².